The Balaban J connectivity index is 2.25. The Morgan fingerprint density at radius 1 is 1.44 bits per heavy atom. The van der Waals surface area contributed by atoms with E-state index in [0.717, 1.165) is 5.92 Å². The molecule has 0 spiro atoms. The third-order valence-corrected chi connectivity index (χ3v) is 3.03. The Morgan fingerprint density at radius 2 is 2.22 bits per heavy atom. The number of carbonyl (C=O) groups is 1. The number of Topliss-reactive ketones (excluding diaryl/α,β-unsaturated/α-hetero) is 1. The van der Waals surface area contributed by atoms with E-state index in [9.17, 15) is 4.79 Å². The average Bonchev–Trinajstić information content (AvgIpc) is 2.37. The Morgan fingerprint density at radius 3 is 2.56 bits per heavy atom. The van der Waals surface area contributed by atoms with Crippen LogP contribution in [0, 0.1) is 17.8 Å². The normalized spacial score (nSPS) is 48.6. The van der Waals surface area contributed by atoms with Crippen molar-refractivity contribution >= 4 is 5.78 Å². The molecule has 2 bridgehead atoms. The SMILES string of the molecule is CC1C(=O)[C@H]2CC[C@H]1C2. The molecule has 9 heavy (non-hydrogen) atoms. The van der Waals surface area contributed by atoms with Crippen LogP contribution in [0.4, 0.5) is 0 Å². The van der Waals surface area contributed by atoms with Crippen molar-refractivity contribution in [3.8, 4) is 0 Å². The molecule has 2 aliphatic carbocycles. The van der Waals surface area contributed by atoms with Crippen molar-refractivity contribution in [2.45, 2.75) is 26.2 Å². The first-order valence-corrected chi connectivity index (χ1v) is 3.83. The quantitative estimate of drug-likeness (QED) is 0.479. The number of hydrogen-bond donors (Lipinski definition) is 0. The molecule has 0 heterocycles. The monoisotopic (exact) mass is 124 g/mol. The zero-order valence-electron chi connectivity index (χ0n) is 5.76. The Bertz CT molecular complexity index is 147. The van der Waals surface area contributed by atoms with E-state index in [1.54, 1.807) is 0 Å². The van der Waals surface area contributed by atoms with Gasteiger partial charge < -0.3 is 0 Å². The molecule has 0 amide bonds. The van der Waals surface area contributed by atoms with Crippen LogP contribution >= 0.6 is 0 Å². The minimum absolute atomic E-state index is 0.406. The van der Waals surface area contributed by atoms with Gasteiger partial charge in [-0.3, -0.25) is 4.79 Å². The lowest BCUT2D eigenvalue weighted by Crippen LogP contribution is -2.18. The highest BCUT2D eigenvalue weighted by Crippen LogP contribution is 2.45. The maximum atomic E-state index is 11.2. The molecule has 1 heteroatoms. The van der Waals surface area contributed by atoms with E-state index in [0.29, 0.717) is 17.6 Å². The van der Waals surface area contributed by atoms with E-state index in [-0.39, 0.29) is 0 Å². The number of hydrogen-bond acceptors (Lipinski definition) is 1. The first-order valence-electron chi connectivity index (χ1n) is 3.83. The van der Waals surface area contributed by atoms with Gasteiger partial charge >= 0.3 is 0 Å². The second kappa shape index (κ2) is 1.59. The molecule has 1 unspecified atom stereocenters. The van der Waals surface area contributed by atoms with Crippen LogP contribution in [0.2, 0.25) is 0 Å². The molecule has 50 valence electrons. The van der Waals surface area contributed by atoms with Gasteiger partial charge in [0.05, 0.1) is 0 Å². The molecule has 0 aliphatic heterocycles. The van der Waals surface area contributed by atoms with Crippen molar-refractivity contribution in [1.82, 2.24) is 0 Å². The fraction of sp³-hybridized carbons (Fsp3) is 0.875. The molecule has 0 radical (unpaired) electrons. The van der Waals surface area contributed by atoms with Crippen molar-refractivity contribution in [3.63, 3.8) is 0 Å². The van der Waals surface area contributed by atoms with Gasteiger partial charge in [-0.05, 0) is 25.2 Å². The molecule has 0 saturated heterocycles. The summed E-state index contributed by atoms with van der Waals surface area (Å²) in [4.78, 5) is 11.2. The van der Waals surface area contributed by atoms with Gasteiger partial charge in [-0.25, -0.2) is 0 Å². The molecule has 0 aromatic carbocycles. The van der Waals surface area contributed by atoms with Crippen LogP contribution in [-0.2, 0) is 4.79 Å². The smallest absolute Gasteiger partial charge is 0.139 e. The largest absolute Gasteiger partial charge is 0.299 e. The minimum atomic E-state index is 0.406. The highest BCUT2D eigenvalue weighted by atomic mass is 16.1. The summed E-state index contributed by atoms with van der Waals surface area (Å²) in [5, 5.41) is 0. The summed E-state index contributed by atoms with van der Waals surface area (Å²) >= 11 is 0. The Kier molecular flexibility index (Phi) is 0.961. The van der Waals surface area contributed by atoms with E-state index in [4.69, 9.17) is 0 Å². The number of carbonyl (C=O) groups excluding carboxylic acids is 1. The van der Waals surface area contributed by atoms with Crippen LogP contribution < -0.4 is 0 Å². The van der Waals surface area contributed by atoms with Gasteiger partial charge in [0.25, 0.3) is 0 Å². The Hall–Kier alpha value is -0.330. The molecular weight excluding hydrogens is 112 g/mol. The molecule has 2 aliphatic rings. The van der Waals surface area contributed by atoms with Crippen LogP contribution in [-0.4, -0.2) is 5.78 Å². The highest BCUT2D eigenvalue weighted by Gasteiger charge is 2.43. The lowest BCUT2D eigenvalue weighted by Gasteiger charge is -2.14. The standard InChI is InChI=1S/C8H12O/c1-5-6-2-3-7(4-6)8(5)9/h5-7H,2-4H2,1H3/t5?,6-,7-/m0/s1. The van der Waals surface area contributed by atoms with Crippen LogP contribution in [0.5, 0.6) is 0 Å². The molecule has 2 fully saturated rings. The van der Waals surface area contributed by atoms with Crippen molar-refractivity contribution in [2.24, 2.45) is 17.8 Å². The Labute approximate surface area is 55.4 Å². The summed E-state index contributed by atoms with van der Waals surface area (Å²) < 4.78 is 0. The molecule has 0 aromatic rings. The molecule has 3 atom stereocenters. The first-order chi connectivity index (χ1) is 4.29. The minimum Gasteiger partial charge on any atom is -0.299 e. The predicted molar refractivity (Wildman–Crippen MR) is 35.0 cm³/mol. The fourth-order valence-corrected chi connectivity index (χ4v) is 2.33. The van der Waals surface area contributed by atoms with Gasteiger partial charge in [0.2, 0.25) is 0 Å². The van der Waals surface area contributed by atoms with E-state index in [2.05, 4.69) is 6.92 Å². The maximum absolute atomic E-state index is 11.2. The highest BCUT2D eigenvalue weighted by molar-refractivity contribution is 5.86. The van der Waals surface area contributed by atoms with Crippen molar-refractivity contribution in [1.29, 1.82) is 0 Å². The molecule has 2 rings (SSSR count). The molecular formula is C8H12O. The molecule has 0 N–H and O–H groups in total. The zero-order chi connectivity index (χ0) is 6.43. The van der Waals surface area contributed by atoms with E-state index in [1.165, 1.54) is 19.3 Å². The topological polar surface area (TPSA) is 17.1 Å². The number of rotatable bonds is 0. The number of ketones is 1. The van der Waals surface area contributed by atoms with E-state index >= 15 is 0 Å². The zero-order valence-corrected chi connectivity index (χ0v) is 5.76. The number of fused-ring (bicyclic) bond motifs is 2. The second-order valence-electron chi connectivity index (χ2n) is 3.46. The fourth-order valence-electron chi connectivity index (χ4n) is 2.33. The summed E-state index contributed by atoms with van der Waals surface area (Å²) in [5.41, 5.74) is 0. The van der Waals surface area contributed by atoms with Crippen molar-refractivity contribution in [2.75, 3.05) is 0 Å². The lowest BCUT2D eigenvalue weighted by molar-refractivity contribution is -0.125. The summed E-state index contributed by atoms with van der Waals surface area (Å²) in [5.74, 6) is 2.20. The third kappa shape index (κ3) is 0.577. The predicted octanol–water partition coefficient (Wildman–Crippen LogP) is 1.62. The molecule has 1 nitrogen and oxygen atoms in total. The molecule has 2 saturated carbocycles. The average molecular weight is 124 g/mol. The van der Waals surface area contributed by atoms with Crippen LogP contribution in [0.1, 0.15) is 26.2 Å². The van der Waals surface area contributed by atoms with Crippen molar-refractivity contribution in [3.05, 3.63) is 0 Å². The second-order valence-corrected chi connectivity index (χ2v) is 3.46. The van der Waals surface area contributed by atoms with Gasteiger partial charge in [-0.2, -0.15) is 0 Å². The van der Waals surface area contributed by atoms with E-state index < -0.39 is 0 Å². The lowest BCUT2D eigenvalue weighted by atomic mass is 9.89. The van der Waals surface area contributed by atoms with Crippen LogP contribution in [0.25, 0.3) is 0 Å². The summed E-state index contributed by atoms with van der Waals surface area (Å²) in [6.07, 6.45) is 3.71. The summed E-state index contributed by atoms with van der Waals surface area (Å²) in [6.45, 7) is 2.09. The summed E-state index contributed by atoms with van der Waals surface area (Å²) in [7, 11) is 0. The van der Waals surface area contributed by atoms with Gasteiger partial charge in [0.15, 0.2) is 0 Å². The first kappa shape index (κ1) is 5.45. The molecule has 0 aromatic heterocycles. The maximum Gasteiger partial charge on any atom is 0.139 e. The summed E-state index contributed by atoms with van der Waals surface area (Å²) in [6, 6.07) is 0. The van der Waals surface area contributed by atoms with Crippen LogP contribution in [0.15, 0.2) is 0 Å². The van der Waals surface area contributed by atoms with Crippen LogP contribution in [0.3, 0.4) is 0 Å². The van der Waals surface area contributed by atoms with Gasteiger partial charge in [0.1, 0.15) is 5.78 Å². The van der Waals surface area contributed by atoms with E-state index in [1.807, 2.05) is 0 Å². The van der Waals surface area contributed by atoms with Gasteiger partial charge in [-0.1, -0.05) is 6.92 Å². The van der Waals surface area contributed by atoms with Gasteiger partial charge in [-0.15, -0.1) is 0 Å². The third-order valence-electron chi connectivity index (χ3n) is 3.03. The van der Waals surface area contributed by atoms with Gasteiger partial charge in [0, 0.05) is 11.8 Å². The van der Waals surface area contributed by atoms with Crippen molar-refractivity contribution < 1.29 is 4.79 Å².